The maximum absolute atomic E-state index is 12.8. The van der Waals surface area contributed by atoms with Gasteiger partial charge in [0.15, 0.2) is 9.84 Å². The minimum absolute atomic E-state index is 0.166. The molecule has 2 aliphatic rings. The van der Waals surface area contributed by atoms with E-state index in [0.29, 0.717) is 36.6 Å². The highest BCUT2D eigenvalue weighted by Gasteiger charge is 2.35. The number of methoxy groups -OCH3 is 1. The largest absolute Gasteiger partial charge is 0.497 e. The molecule has 6 heteroatoms. The van der Waals surface area contributed by atoms with Gasteiger partial charge in [-0.15, -0.1) is 0 Å². The van der Waals surface area contributed by atoms with Gasteiger partial charge in [0.1, 0.15) is 5.75 Å². The van der Waals surface area contributed by atoms with Gasteiger partial charge in [-0.2, -0.15) is 0 Å². The van der Waals surface area contributed by atoms with E-state index in [9.17, 15) is 13.2 Å². The Morgan fingerprint density at radius 1 is 1.04 bits per heavy atom. The van der Waals surface area contributed by atoms with Crippen LogP contribution in [-0.2, 0) is 14.6 Å². The van der Waals surface area contributed by atoms with Crippen molar-refractivity contribution in [2.24, 2.45) is 5.92 Å². The number of piperidine rings is 1. The summed E-state index contributed by atoms with van der Waals surface area (Å²) >= 11 is 0. The van der Waals surface area contributed by atoms with E-state index in [-0.39, 0.29) is 11.8 Å². The number of nitrogens with zero attached hydrogens (tertiary/aromatic N) is 1. The van der Waals surface area contributed by atoms with Crippen molar-refractivity contribution in [3.05, 3.63) is 24.3 Å². The van der Waals surface area contributed by atoms with Crippen LogP contribution in [0.25, 0.3) is 0 Å². The van der Waals surface area contributed by atoms with Gasteiger partial charge in [0.2, 0.25) is 5.91 Å². The molecule has 2 fully saturated rings. The Hall–Kier alpha value is -1.56. The number of rotatable bonds is 4. The predicted octanol–water partition coefficient (Wildman–Crippen LogP) is 2.65. The smallest absolute Gasteiger partial charge is 0.225 e. The Morgan fingerprint density at radius 2 is 1.62 bits per heavy atom. The van der Waals surface area contributed by atoms with Gasteiger partial charge in [-0.3, -0.25) is 4.79 Å². The maximum atomic E-state index is 12.8. The molecule has 1 aliphatic heterocycles. The van der Waals surface area contributed by atoms with Crippen molar-refractivity contribution in [2.45, 2.75) is 48.7 Å². The van der Waals surface area contributed by atoms with E-state index in [2.05, 4.69) is 0 Å². The van der Waals surface area contributed by atoms with Crippen molar-refractivity contribution in [1.29, 1.82) is 0 Å². The lowest BCUT2D eigenvalue weighted by Crippen LogP contribution is -2.44. The van der Waals surface area contributed by atoms with Crippen molar-refractivity contribution in [3.8, 4) is 5.75 Å². The van der Waals surface area contributed by atoms with Crippen molar-refractivity contribution in [1.82, 2.24) is 4.90 Å². The summed E-state index contributed by atoms with van der Waals surface area (Å²) in [7, 11) is -1.79. The van der Waals surface area contributed by atoms with E-state index >= 15 is 0 Å². The fourth-order valence-electron chi connectivity index (χ4n) is 3.78. The second kappa shape index (κ2) is 7.13. The minimum Gasteiger partial charge on any atom is -0.497 e. The van der Waals surface area contributed by atoms with Crippen LogP contribution < -0.4 is 4.74 Å². The first-order valence-corrected chi connectivity index (χ1v) is 10.2. The number of sulfone groups is 1. The summed E-state index contributed by atoms with van der Waals surface area (Å²) in [5.41, 5.74) is 0. The van der Waals surface area contributed by atoms with Crippen LogP contribution in [0.15, 0.2) is 29.2 Å². The lowest BCUT2D eigenvalue weighted by Gasteiger charge is -2.33. The van der Waals surface area contributed by atoms with E-state index in [1.807, 2.05) is 4.90 Å². The third kappa shape index (κ3) is 3.43. The first kappa shape index (κ1) is 17.3. The number of amides is 1. The molecule has 1 aromatic carbocycles. The molecule has 1 aliphatic carbocycles. The van der Waals surface area contributed by atoms with Crippen LogP contribution in [0.3, 0.4) is 0 Å². The average Bonchev–Trinajstić information content (AvgIpc) is 3.16. The zero-order valence-corrected chi connectivity index (χ0v) is 14.9. The Kier molecular flexibility index (Phi) is 5.13. The molecule has 0 spiro atoms. The number of hydrogen-bond acceptors (Lipinski definition) is 4. The lowest BCUT2D eigenvalue weighted by molar-refractivity contribution is -0.136. The molecule has 1 aromatic rings. The highest BCUT2D eigenvalue weighted by atomic mass is 32.2. The van der Waals surface area contributed by atoms with Crippen LogP contribution in [0.2, 0.25) is 0 Å². The summed E-state index contributed by atoms with van der Waals surface area (Å²) < 4.78 is 30.6. The number of ether oxygens (including phenoxy) is 1. The molecule has 0 bridgehead atoms. The molecule has 5 nitrogen and oxygen atoms in total. The first-order valence-electron chi connectivity index (χ1n) is 8.69. The van der Waals surface area contributed by atoms with Gasteiger partial charge in [-0.05, 0) is 49.9 Å². The van der Waals surface area contributed by atoms with E-state index in [1.54, 1.807) is 31.4 Å². The molecule has 1 saturated carbocycles. The van der Waals surface area contributed by atoms with Crippen molar-refractivity contribution in [3.63, 3.8) is 0 Å². The third-order valence-electron chi connectivity index (χ3n) is 5.28. The van der Waals surface area contributed by atoms with E-state index < -0.39 is 15.1 Å². The zero-order chi connectivity index (χ0) is 17.2. The molecular weight excluding hydrogens is 326 g/mol. The Morgan fingerprint density at radius 3 is 2.17 bits per heavy atom. The summed E-state index contributed by atoms with van der Waals surface area (Å²) in [6.45, 7) is 1.10. The first-order chi connectivity index (χ1) is 11.5. The fourth-order valence-corrected chi connectivity index (χ4v) is 5.51. The average molecular weight is 351 g/mol. The summed E-state index contributed by atoms with van der Waals surface area (Å²) in [5.74, 6) is 1.04. The van der Waals surface area contributed by atoms with E-state index in [4.69, 9.17) is 4.74 Å². The number of carbonyl (C=O) groups excluding carboxylic acids is 1. The molecule has 3 rings (SSSR count). The van der Waals surface area contributed by atoms with Crippen LogP contribution in [-0.4, -0.2) is 44.7 Å². The van der Waals surface area contributed by atoms with Gasteiger partial charge in [-0.25, -0.2) is 8.42 Å². The van der Waals surface area contributed by atoms with Gasteiger partial charge in [0.05, 0.1) is 17.3 Å². The molecule has 0 aromatic heterocycles. The SMILES string of the molecule is COc1ccc(S(=O)(=O)C2CCN(C(=O)C3CCCC3)CC2)cc1. The highest BCUT2D eigenvalue weighted by Crippen LogP contribution is 2.30. The second-order valence-corrected chi connectivity index (χ2v) is 8.95. The normalized spacial score (nSPS) is 20.3. The van der Waals surface area contributed by atoms with Gasteiger partial charge in [-0.1, -0.05) is 12.8 Å². The van der Waals surface area contributed by atoms with Gasteiger partial charge < -0.3 is 9.64 Å². The van der Waals surface area contributed by atoms with Crippen LogP contribution in [0.5, 0.6) is 5.75 Å². The summed E-state index contributed by atoms with van der Waals surface area (Å²) in [4.78, 5) is 14.7. The monoisotopic (exact) mass is 351 g/mol. The van der Waals surface area contributed by atoms with Crippen LogP contribution >= 0.6 is 0 Å². The molecule has 1 amide bonds. The molecule has 0 radical (unpaired) electrons. The van der Waals surface area contributed by atoms with Gasteiger partial charge >= 0.3 is 0 Å². The van der Waals surface area contributed by atoms with Crippen molar-refractivity contribution in [2.75, 3.05) is 20.2 Å². The molecule has 1 heterocycles. The topological polar surface area (TPSA) is 63.7 Å². The fraction of sp³-hybridized carbons (Fsp3) is 0.611. The molecule has 0 atom stereocenters. The van der Waals surface area contributed by atoms with E-state index in [0.717, 1.165) is 25.7 Å². The van der Waals surface area contributed by atoms with Gasteiger partial charge in [0.25, 0.3) is 0 Å². The molecule has 0 N–H and O–H groups in total. The Labute approximate surface area is 143 Å². The second-order valence-electron chi connectivity index (χ2n) is 6.73. The number of likely N-dealkylation sites (tertiary alicyclic amines) is 1. The molecule has 1 saturated heterocycles. The third-order valence-corrected chi connectivity index (χ3v) is 7.56. The number of carbonyl (C=O) groups is 1. The van der Waals surface area contributed by atoms with E-state index in [1.165, 1.54) is 0 Å². The molecule has 132 valence electrons. The number of benzene rings is 1. The quantitative estimate of drug-likeness (QED) is 0.836. The van der Waals surface area contributed by atoms with Crippen LogP contribution in [0.1, 0.15) is 38.5 Å². The van der Waals surface area contributed by atoms with Crippen molar-refractivity contribution >= 4 is 15.7 Å². The Bertz CT molecular complexity index is 669. The van der Waals surface area contributed by atoms with Crippen molar-refractivity contribution < 1.29 is 17.9 Å². The number of hydrogen-bond donors (Lipinski definition) is 0. The maximum Gasteiger partial charge on any atom is 0.225 e. The molecule has 0 unspecified atom stereocenters. The highest BCUT2D eigenvalue weighted by molar-refractivity contribution is 7.92. The summed E-state index contributed by atoms with van der Waals surface area (Å²) in [6, 6.07) is 6.55. The standard InChI is InChI=1S/C18H25NO4S/c1-23-15-6-8-16(9-7-15)24(21,22)17-10-12-19(13-11-17)18(20)14-4-2-3-5-14/h6-9,14,17H,2-5,10-13H2,1H3. The zero-order valence-electron chi connectivity index (χ0n) is 14.1. The summed E-state index contributed by atoms with van der Waals surface area (Å²) in [5, 5.41) is -0.404. The molecule has 24 heavy (non-hydrogen) atoms. The van der Waals surface area contributed by atoms with Gasteiger partial charge in [0, 0.05) is 19.0 Å². The predicted molar refractivity (Wildman–Crippen MR) is 91.7 cm³/mol. The summed E-state index contributed by atoms with van der Waals surface area (Å²) in [6.07, 6.45) is 5.29. The van der Waals surface area contributed by atoms with Crippen LogP contribution in [0.4, 0.5) is 0 Å². The van der Waals surface area contributed by atoms with Crippen LogP contribution in [0, 0.1) is 5.92 Å². The molecular formula is C18H25NO4S. The Balaban J connectivity index is 1.63. The minimum atomic E-state index is -3.35. The lowest BCUT2D eigenvalue weighted by atomic mass is 10.0.